The van der Waals surface area contributed by atoms with Gasteiger partial charge in [0.2, 0.25) is 0 Å². The molecule has 3 heterocycles. The van der Waals surface area contributed by atoms with Gasteiger partial charge in [0.25, 0.3) is 0 Å². The first-order valence-electron chi connectivity index (χ1n) is 8.51. The number of likely N-dealkylation sites (tertiary alicyclic amines) is 1. The second kappa shape index (κ2) is 7.13. The van der Waals surface area contributed by atoms with E-state index in [1.165, 1.54) is 12.0 Å². The summed E-state index contributed by atoms with van der Waals surface area (Å²) in [7, 11) is 2.21. The van der Waals surface area contributed by atoms with E-state index in [0.717, 1.165) is 25.3 Å². The molecule has 0 spiro atoms. The van der Waals surface area contributed by atoms with Crippen LogP contribution in [0.4, 0.5) is 5.82 Å². The van der Waals surface area contributed by atoms with Crippen LogP contribution in [0.15, 0.2) is 36.8 Å². The third kappa shape index (κ3) is 4.10. The van der Waals surface area contributed by atoms with Crippen molar-refractivity contribution in [1.29, 1.82) is 0 Å². The molecular weight excluding hydrogens is 286 g/mol. The lowest BCUT2D eigenvalue weighted by molar-refractivity contribution is 0.145. The molecule has 5 nitrogen and oxygen atoms in total. The highest BCUT2D eigenvalue weighted by molar-refractivity contribution is 5.34. The summed E-state index contributed by atoms with van der Waals surface area (Å²) in [6.45, 7) is 6.65. The number of piperidine rings is 1. The summed E-state index contributed by atoms with van der Waals surface area (Å²) in [5, 5.41) is 8.31. The van der Waals surface area contributed by atoms with Gasteiger partial charge in [-0.05, 0) is 50.4 Å². The molecule has 124 valence electrons. The molecule has 1 aliphatic heterocycles. The van der Waals surface area contributed by atoms with Crippen LogP contribution < -0.4 is 5.32 Å². The van der Waals surface area contributed by atoms with Crippen molar-refractivity contribution in [2.24, 2.45) is 5.92 Å². The minimum Gasteiger partial charge on any atom is -0.365 e. The zero-order chi connectivity index (χ0) is 16.2. The van der Waals surface area contributed by atoms with Gasteiger partial charge in [-0.25, -0.2) is 0 Å². The average molecular weight is 313 g/mol. The largest absolute Gasteiger partial charge is 0.365 e. The first-order chi connectivity index (χ1) is 11.1. The number of aromatic nitrogens is 3. The Kier molecular flexibility index (Phi) is 4.96. The summed E-state index contributed by atoms with van der Waals surface area (Å²) >= 11 is 0. The maximum atomic E-state index is 4.67. The lowest BCUT2D eigenvalue weighted by atomic mass is 9.90. The third-order valence-electron chi connectivity index (χ3n) is 4.96. The standard InChI is InChI=1S/C18H27N5/c1-14-13-22(3)15(2)12-17(14)20-18-7-11-23(21-18)10-6-16-4-8-19-9-5-16/h4-5,7-9,11,14-15,17H,6,10,12-13H2,1-3H3,(H,20,21)/t14-,15-,17+/m1/s1. The highest BCUT2D eigenvalue weighted by atomic mass is 15.3. The van der Waals surface area contributed by atoms with Crippen LogP contribution in [0.1, 0.15) is 25.8 Å². The molecule has 1 fully saturated rings. The first-order valence-corrected chi connectivity index (χ1v) is 8.51. The van der Waals surface area contributed by atoms with Gasteiger partial charge in [-0.1, -0.05) is 6.92 Å². The van der Waals surface area contributed by atoms with E-state index in [9.17, 15) is 0 Å². The van der Waals surface area contributed by atoms with E-state index >= 15 is 0 Å². The predicted molar refractivity (Wildman–Crippen MR) is 93.5 cm³/mol. The molecule has 2 aromatic heterocycles. The van der Waals surface area contributed by atoms with E-state index < -0.39 is 0 Å². The topological polar surface area (TPSA) is 46.0 Å². The van der Waals surface area contributed by atoms with Crippen LogP contribution in [-0.2, 0) is 13.0 Å². The van der Waals surface area contributed by atoms with E-state index in [1.54, 1.807) is 0 Å². The van der Waals surface area contributed by atoms with Crippen LogP contribution in [-0.4, -0.2) is 45.3 Å². The van der Waals surface area contributed by atoms with Crippen LogP contribution in [0.5, 0.6) is 0 Å². The highest BCUT2D eigenvalue weighted by Gasteiger charge is 2.29. The van der Waals surface area contributed by atoms with Gasteiger partial charge < -0.3 is 10.2 Å². The number of nitrogens with one attached hydrogen (secondary N) is 1. The quantitative estimate of drug-likeness (QED) is 0.922. The molecule has 0 saturated carbocycles. The maximum absolute atomic E-state index is 4.67. The second-order valence-corrected chi connectivity index (χ2v) is 6.82. The predicted octanol–water partition coefficient (Wildman–Crippen LogP) is 2.66. The second-order valence-electron chi connectivity index (χ2n) is 6.82. The molecule has 0 radical (unpaired) electrons. The molecular formula is C18H27N5. The number of hydrogen-bond acceptors (Lipinski definition) is 4. The van der Waals surface area contributed by atoms with E-state index in [-0.39, 0.29) is 0 Å². The van der Waals surface area contributed by atoms with Gasteiger partial charge in [0.15, 0.2) is 0 Å². The summed E-state index contributed by atoms with van der Waals surface area (Å²) in [5.74, 6) is 1.63. The number of pyridine rings is 1. The Bertz CT molecular complexity index is 609. The normalized spacial score (nSPS) is 25.4. The van der Waals surface area contributed by atoms with Crippen molar-refractivity contribution >= 4 is 5.82 Å². The minimum atomic E-state index is 0.504. The number of aryl methyl sites for hydroxylation is 2. The molecule has 5 heteroatoms. The molecule has 0 amide bonds. The van der Waals surface area contributed by atoms with E-state index in [0.29, 0.717) is 18.0 Å². The first kappa shape index (κ1) is 16.0. The van der Waals surface area contributed by atoms with Crippen LogP contribution in [0.3, 0.4) is 0 Å². The molecule has 0 aliphatic carbocycles. The van der Waals surface area contributed by atoms with Gasteiger partial charge in [0, 0.05) is 49.8 Å². The Morgan fingerprint density at radius 2 is 2.00 bits per heavy atom. The molecule has 23 heavy (non-hydrogen) atoms. The van der Waals surface area contributed by atoms with Crippen LogP contribution in [0.25, 0.3) is 0 Å². The lowest BCUT2D eigenvalue weighted by Crippen LogP contribution is -2.48. The van der Waals surface area contributed by atoms with Gasteiger partial charge in [0.05, 0.1) is 0 Å². The summed E-state index contributed by atoms with van der Waals surface area (Å²) in [4.78, 5) is 6.49. The monoisotopic (exact) mass is 313 g/mol. The number of hydrogen-bond donors (Lipinski definition) is 1. The maximum Gasteiger partial charge on any atom is 0.148 e. The fourth-order valence-electron chi connectivity index (χ4n) is 3.29. The van der Waals surface area contributed by atoms with Gasteiger partial charge >= 0.3 is 0 Å². The Morgan fingerprint density at radius 1 is 1.22 bits per heavy atom. The number of anilines is 1. The van der Waals surface area contributed by atoms with E-state index in [2.05, 4.69) is 65.6 Å². The van der Waals surface area contributed by atoms with E-state index in [1.807, 2.05) is 17.1 Å². The van der Waals surface area contributed by atoms with Crippen molar-refractivity contribution < 1.29 is 0 Å². The SMILES string of the molecule is C[C@@H]1CN(C)[C@H](C)C[C@@H]1Nc1ccn(CCc2ccncc2)n1. The van der Waals surface area contributed by atoms with Crippen molar-refractivity contribution in [2.45, 2.75) is 45.3 Å². The van der Waals surface area contributed by atoms with Crippen LogP contribution in [0, 0.1) is 5.92 Å². The van der Waals surface area contributed by atoms with Crippen molar-refractivity contribution in [1.82, 2.24) is 19.7 Å². The zero-order valence-electron chi connectivity index (χ0n) is 14.3. The molecule has 0 unspecified atom stereocenters. The van der Waals surface area contributed by atoms with Gasteiger partial charge in [0.1, 0.15) is 5.82 Å². The number of nitrogens with zero attached hydrogens (tertiary/aromatic N) is 4. The lowest BCUT2D eigenvalue weighted by Gasteiger charge is -2.40. The van der Waals surface area contributed by atoms with Crippen molar-refractivity contribution in [3.8, 4) is 0 Å². The Hall–Kier alpha value is -1.88. The van der Waals surface area contributed by atoms with Crippen LogP contribution in [0.2, 0.25) is 0 Å². The summed E-state index contributed by atoms with van der Waals surface area (Å²) in [6.07, 6.45) is 7.89. The molecule has 3 atom stereocenters. The Labute approximate surface area is 138 Å². The minimum absolute atomic E-state index is 0.504. The Morgan fingerprint density at radius 3 is 2.78 bits per heavy atom. The fourth-order valence-corrected chi connectivity index (χ4v) is 3.29. The molecule has 1 saturated heterocycles. The Balaban J connectivity index is 1.55. The van der Waals surface area contributed by atoms with Gasteiger partial charge in [-0.3, -0.25) is 9.67 Å². The highest BCUT2D eigenvalue weighted by Crippen LogP contribution is 2.23. The zero-order valence-corrected chi connectivity index (χ0v) is 14.3. The fraction of sp³-hybridized carbons (Fsp3) is 0.556. The molecule has 2 aromatic rings. The molecule has 3 rings (SSSR count). The van der Waals surface area contributed by atoms with Crippen LogP contribution >= 0.6 is 0 Å². The van der Waals surface area contributed by atoms with Gasteiger partial charge in [-0.15, -0.1) is 0 Å². The summed E-state index contributed by atoms with van der Waals surface area (Å²) < 4.78 is 2.02. The molecule has 0 bridgehead atoms. The van der Waals surface area contributed by atoms with Crippen molar-refractivity contribution in [3.05, 3.63) is 42.4 Å². The third-order valence-corrected chi connectivity index (χ3v) is 4.96. The van der Waals surface area contributed by atoms with Crippen molar-refractivity contribution in [3.63, 3.8) is 0 Å². The van der Waals surface area contributed by atoms with Crippen molar-refractivity contribution in [2.75, 3.05) is 18.9 Å². The summed E-state index contributed by atoms with van der Waals surface area (Å²) in [5.41, 5.74) is 1.29. The number of rotatable bonds is 5. The molecule has 0 aromatic carbocycles. The average Bonchev–Trinajstić information content (AvgIpc) is 2.99. The smallest absolute Gasteiger partial charge is 0.148 e. The van der Waals surface area contributed by atoms with Gasteiger partial charge in [-0.2, -0.15) is 5.10 Å². The molecule has 1 aliphatic rings. The summed E-state index contributed by atoms with van der Waals surface area (Å²) in [6, 6.07) is 7.33. The molecule has 1 N–H and O–H groups in total. The van der Waals surface area contributed by atoms with E-state index in [4.69, 9.17) is 0 Å².